The summed E-state index contributed by atoms with van der Waals surface area (Å²) in [4.78, 5) is 12.0. The molecule has 2 aromatic rings. The van der Waals surface area contributed by atoms with Crippen LogP contribution >= 0.6 is 0 Å². The zero-order valence-electron chi connectivity index (χ0n) is 12.4. The van der Waals surface area contributed by atoms with Gasteiger partial charge in [0.15, 0.2) is 0 Å². The molecule has 2 N–H and O–H groups in total. The van der Waals surface area contributed by atoms with E-state index >= 15 is 0 Å². The van der Waals surface area contributed by atoms with Crippen LogP contribution in [-0.2, 0) is 5.41 Å². The third-order valence-corrected chi connectivity index (χ3v) is 3.07. The van der Waals surface area contributed by atoms with E-state index in [4.69, 9.17) is 0 Å². The molecule has 0 aliphatic rings. The number of rotatable bonds is 2. The predicted octanol–water partition coefficient (Wildman–Crippen LogP) is 4.77. The van der Waals surface area contributed by atoms with Crippen molar-refractivity contribution >= 4 is 17.4 Å². The lowest BCUT2D eigenvalue weighted by atomic mass is 9.86. The molecule has 0 saturated carbocycles. The SMILES string of the molecule is CC(C)(C)c1ccccc1NC(=O)Nc1cccc(F)c1. The van der Waals surface area contributed by atoms with Gasteiger partial charge in [-0.3, -0.25) is 0 Å². The van der Waals surface area contributed by atoms with Crippen molar-refractivity contribution in [2.45, 2.75) is 26.2 Å². The van der Waals surface area contributed by atoms with Gasteiger partial charge in [-0.1, -0.05) is 45.0 Å². The van der Waals surface area contributed by atoms with Crippen molar-refractivity contribution in [3.05, 3.63) is 59.9 Å². The van der Waals surface area contributed by atoms with Crippen LogP contribution in [0.1, 0.15) is 26.3 Å². The summed E-state index contributed by atoms with van der Waals surface area (Å²) in [6.07, 6.45) is 0. The number of hydrogen-bond donors (Lipinski definition) is 2. The lowest BCUT2D eigenvalue weighted by Gasteiger charge is -2.23. The molecule has 0 fully saturated rings. The van der Waals surface area contributed by atoms with Crippen LogP contribution in [0.2, 0.25) is 0 Å². The first-order valence-electron chi connectivity index (χ1n) is 6.79. The molecule has 0 spiro atoms. The van der Waals surface area contributed by atoms with Crippen LogP contribution in [0.15, 0.2) is 48.5 Å². The molecule has 0 unspecified atom stereocenters. The van der Waals surface area contributed by atoms with E-state index in [0.717, 1.165) is 11.3 Å². The quantitative estimate of drug-likeness (QED) is 0.820. The fourth-order valence-corrected chi connectivity index (χ4v) is 2.10. The third-order valence-electron chi connectivity index (χ3n) is 3.07. The number of carbonyl (C=O) groups excluding carboxylic acids is 1. The number of hydrogen-bond acceptors (Lipinski definition) is 1. The molecule has 0 aliphatic carbocycles. The van der Waals surface area contributed by atoms with E-state index in [0.29, 0.717) is 5.69 Å². The molecule has 21 heavy (non-hydrogen) atoms. The summed E-state index contributed by atoms with van der Waals surface area (Å²) in [5.74, 6) is -0.386. The van der Waals surface area contributed by atoms with E-state index in [-0.39, 0.29) is 11.2 Å². The monoisotopic (exact) mass is 286 g/mol. The topological polar surface area (TPSA) is 41.1 Å². The van der Waals surface area contributed by atoms with Crippen LogP contribution in [0, 0.1) is 5.82 Å². The molecule has 0 saturated heterocycles. The van der Waals surface area contributed by atoms with Gasteiger partial charge in [0.05, 0.1) is 0 Å². The van der Waals surface area contributed by atoms with Crippen molar-refractivity contribution < 1.29 is 9.18 Å². The largest absolute Gasteiger partial charge is 0.323 e. The van der Waals surface area contributed by atoms with Gasteiger partial charge >= 0.3 is 6.03 Å². The van der Waals surface area contributed by atoms with Gasteiger partial charge in [0.25, 0.3) is 0 Å². The minimum Gasteiger partial charge on any atom is -0.308 e. The Balaban J connectivity index is 2.14. The second-order valence-corrected chi connectivity index (χ2v) is 5.89. The number of urea groups is 1. The van der Waals surface area contributed by atoms with E-state index in [9.17, 15) is 9.18 Å². The zero-order chi connectivity index (χ0) is 15.5. The predicted molar refractivity (Wildman–Crippen MR) is 84.2 cm³/mol. The number of benzene rings is 2. The van der Waals surface area contributed by atoms with E-state index < -0.39 is 6.03 Å². The Morgan fingerprint density at radius 2 is 1.71 bits per heavy atom. The number of halogens is 1. The maximum atomic E-state index is 13.1. The summed E-state index contributed by atoms with van der Waals surface area (Å²) in [5, 5.41) is 5.43. The molecule has 110 valence electrons. The highest BCUT2D eigenvalue weighted by Crippen LogP contribution is 2.29. The van der Waals surface area contributed by atoms with Crippen molar-refractivity contribution in [2.75, 3.05) is 10.6 Å². The maximum absolute atomic E-state index is 13.1. The number of para-hydroxylation sites is 1. The van der Waals surface area contributed by atoms with Crippen molar-refractivity contribution in [1.29, 1.82) is 0 Å². The van der Waals surface area contributed by atoms with Gasteiger partial charge in [-0.15, -0.1) is 0 Å². The second-order valence-electron chi connectivity index (χ2n) is 5.89. The number of amides is 2. The Kier molecular flexibility index (Phi) is 4.26. The highest BCUT2D eigenvalue weighted by Gasteiger charge is 2.18. The van der Waals surface area contributed by atoms with E-state index in [1.54, 1.807) is 12.1 Å². The second kappa shape index (κ2) is 5.95. The summed E-state index contributed by atoms with van der Waals surface area (Å²) in [7, 11) is 0. The average Bonchev–Trinajstić information content (AvgIpc) is 2.37. The molecule has 2 amide bonds. The van der Waals surface area contributed by atoms with Gasteiger partial charge in [-0.05, 0) is 35.2 Å². The number of anilines is 2. The van der Waals surface area contributed by atoms with Crippen molar-refractivity contribution in [1.82, 2.24) is 0 Å². The van der Waals surface area contributed by atoms with Gasteiger partial charge in [0, 0.05) is 11.4 Å². The maximum Gasteiger partial charge on any atom is 0.323 e. The van der Waals surface area contributed by atoms with Crippen LogP contribution < -0.4 is 10.6 Å². The fraction of sp³-hybridized carbons (Fsp3) is 0.235. The van der Waals surface area contributed by atoms with Gasteiger partial charge < -0.3 is 10.6 Å². The Bertz CT molecular complexity index is 647. The average molecular weight is 286 g/mol. The molecule has 0 radical (unpaired) electrons. The van der Waals surface area contributed by atoms with Crippen LogP contribution in [0.5, 0.6) is 0 Å². The minimum atomic E-state index is -0.391. The minimum absolute atomic E-state index is 0.0806. The third kappa shape index (κ3) is 4.05. The molecule has 3 nitrogen and oxygen atoms in total. The molecule has 2 rings (SSSR count). The van der Waals surface area contributed by atoms with E-state index in [1.165, 1.54) is 12.1 Å². The van der Waals surface area contributed by atoms with Crippen LogP contribution in [-0.4, -0.2) is 6.03 Å². The van der Waals surface area contributed by atoms with Crippen molar-refractivity contribution in [3.8, 4) is 0 Å². The van der Waals surface area contributed by atoms with E-state index in [2.05, 4.69) is 31.4 Å². The molecular weight excluding hydrogens is 267 g/mol. The molecule has 0 atom stereocenters. The molecule has 0 heterocycles. The summed E-state index contributed by atoms with van der Waals surface area (Å²) in [5.41, 5.74) is 2.13. The molecular formula is C17H19FN2O. The Labute approximate surface area is 124 Å². The Morgan fingerprint density at radius 3 is 2.38 bits per heavy atom. The molecule has 0 aliphatic heterocycles. The first kappa shape index (κ1) is 15.0. The summed E-state index contributed by atoms with van der Waals surface area (Å²) < 4.78 is 13.1. The molecule has 0 aromatic heterocycles. The number of nitrogens with one attached hydrogen (secondary N) is 2. The fourth-order valence-electron chi connectivity index (χ4n) is 2.10. The van der Waals surface area contributed by atoms with Crippen molar-refractivity contribution in [3.63, 3.8) is 0 Å². The summed E-state index contributed by atoms with van der Waals surface area (Å²) >= 11 is 0. The van der Waals surface area contributed by atoms with Crippen molar-refractivity contribution in [2.24, 2.45) is 0 Å². The highest BCUT2D eigenvalue weighted by atomic mass is 19.1. The lowest BCUT2D eigenvalue weighted by molar-refractivity contribution is 0.262. The van der Waals surface area contributed by atoms with Crippen LogP contribution in [0.4, 0.5) is 20.6 Å². The Morgan fingerprint density at radius 1 is 1.00 bits per heavy atom. The first-order valence-corrected chi connectivity index (χ1v) is 6.79. The van der Waals surface area contributed by atoms with Gasteiger partial charge in [0.2, 0.25) is 0 Å². The van der Waals surface area contributed by atoms with Gasteiger partial charge in [-0.2, -0.15) is 0 Å². The normalized spacial score (nSPS) is 11.0. The lowest BCUT2D eigenvalue weighted by Crippen LogP contribution is -2.22. The standard InChI is InChI=1S/C17H19FN2O/c1-17(2,3)14-9-4-5-10-15(14)20-16(21)19-13-8-6-7-12(18)11-13/h4-11H,1-3H3,(H2,19,20,21). The zero-order valence-corrected chi connectivity index (χ0v) is 12.4. The number of carbonyl (C=O) groups is 1. The molecule has 0 bridgehead atoms. The summed E-state index contributed by atoms with van der Waals surface area (Å²) in [6.45, 7) is 6.24. The van der Waals surface area contributed by atoms with E-state index in [1.807, 2.05) is 24.3 Å². The van der Waals surface area contributed by atoms with Gasteiger partial charge in [-0.25, -0.2) is 9.18 Å². The first-order chi connectivity index (χ1) is 9.86. The molecule has 2 aromatic carbocycles. The molecule has 4 heteroatoms. The highest BCUT2D eigenvalue weighted by molar-refractivity contribution is 6.00. The van der Waals surface area contributed by atoms with Crippen LogP contribution in [0.3, 0.4) is 0 Å². The van der Waals surface area contributed by atoms with Gasteiger partial charge in [0.1, 0.15) is 5.82 Å². The van der Waals surface area contributed by atoms with Crippen LogP contribution in [0.25, 0.3) is 0 Å². The Hall–Kier alpha value is -2.36. The smallest absolute Gasteiger partial charge is 0.308 e. The summed E-state index contributed by atoms with van der Waals surface area (Å²) in [6, 6.07) is 13.0.